The van der Waals surface area contributed by atoms with Crippen molar-refractivity contribution in [2.45, 2.75) is 31.7 Å². The highest BCUT2D eigenvalue weighted by Crippen LogP contribution is 2.37. The Morgan fingerprint density at radius 2 is 1.95 bits per heavy atom. The van der Waals surface area contributed by atoms with Gasteiger partial charge in [-0.2, -0.15) is 4.31 Å². The van der Waals surface area contributed by atoms with Crippen molar-refractivity contribution < 1.29 is 18.3 Å². The number of benzene rings is 1. The van der Waals surface area contributed by atoms with Gasteiger partial charge in [0, 0.05) is 22.0 Å². The molecule has 0 fully saturated rings. The Morgan fingerprint density at radius 3 is 2.52 bits per heavy atom. The minimum Gasteiger partial charge on any atom is -0.480 e. The summed E-state index contributed by atoms with van der Waals surface area (Å²) < 4.78 is 27.3. The summed E-state index contributed by atoms with van der Waals surface area (Å²) in [4.78, 5) is 11.9. The summed E-state index contributed by atoms with van der Waals surface area (Å²) in [6, 6.07) is 4.38. The van der Waals surface area contributed by atoms with Crippen molar-refractivity contribution in [3.05, 3.63) is 28.6 Å². The predicted octanol–water partition coefficient (Wildman–Crippen LogP) is 2.61. The predicted molar refractivity (Wildman–Crippen MR) is 83.3 cm³/mol. The number of carboxylic acid groups (broad SMARTS) is 1. The Bertz CT molecular complexity index is 808. The van der Waals surface area contributed by atoms with Crippen LogP contribution in [0.25, 0.3) is 10.1 Å². The van der Waals surface area contributed by atoms with Gasteiger partial charge >= 0.3 is 5.97 Å². The highest BCUT2D eigenvalue weighted by molar-refractivity contribution is 7.89. The molecular formula is C14H17NO4S2. The fourth-order valence-corrected chi connectivity index (χ4v) is 5.31. The van der Waals surface area contributed by atoms with Crippen LogP contribution in [0.1, 0.15) is 17.4 Å². The van der Waals surface area contributed by atoms with Gasteiger partial charge in [-0.25, -0.2) is 8.42 Å². The number of sulfonamides is 1. The van der Waals surface area contributed by atoms with Crippen molar-refractivity contribution in [1.82, 2.24) is 4.31 Å². The Balaban J connectivity index is 2.69. The quantitative estimate of drug-likeness (QED) is 0.936. The van der Waals surface area contributed by atoms with Gasteiger partial charge in [-0.1, -0.05) is 18.2 Å². The maximum atomic E-state index is 12.8. The average Bonchev–Trinajstić information content (AvgIpc) is 2.75. The van der Waals surface area contributed by atoms with Crippen molar-refractivity contribution in [2.24, 2.45) is 0 Å². The molecule has 1 unspecified atom stereocenters. The van der Waals surface area contributed by atoms with Crippen molar-refractivity contribution >= 4 is 37.4 Å². The number of nitrogens with zero attached hydrogens (tertiary/aromatic N) is 1. The van der Waals surface area contributed by atoms with Crippen LogP contribution in [0.5, 0.6) is 0 Å². The SMILES string of the molecule is Cc1sc2c(C)cccc2c1S(=O)(=O)N(C)C(C)C(=O)O. The molecular weight excluding hydrogens is 310 g/mol. The molecule has 5 nitrogen and oxygen atoms in total. The lowest BCUT2D eigenvalue weighted by molar-refractivity contribution is -0.140. The Hall–Kier alpha value is -1.44. The summed E-state index contributed by atoms with van der Waals surface area (Å²) in [6.45, 7) is 5.03. The van der Waals surface area contributed by atoms with Crippen LogP contribution in [-0.2, 0) is 14.8 Å². The second-order valence-corrected chi connectivity index (χ2v) is 8.13. The van der Waals surface area contributed by atoms with Crippen molar-refractivity contribution in [3.63, 3.8) is 0 Å². The van der Waals surface area contributed by atoms with E-state index < -0.39 is 22.0 Å². The van der Waals surface area contributed by atoms with Gasteiger partial charge in [0.15, 0.2) is 0 Å². The first-order valence-electron chi connectivity index (χ1n) is 6.37. The number of hydrogen-bond donors (Lipinski definition) is 1. The van der Waals surface area contributed by atoms with Crippen LogP contribution in [0.15, 0.2) is 23.1 Å². The minimum absolute atomic E-state index is 0.210. The number of likely N-dealkylation sites (N-methyl/N-ethyl adjacent to an activating group) is 1. The number of carbonyl (C=O) groups is 1. The third-order valence-electron chi connectivity index (χ3n) is 3.57. The van der Waals surface area contributed by atoms with Gasteiger partial charge < -0.3 is 5.11 Å². The average molecular weight is 327 g/mol. The van der Waals surface area contributed by atoms with E-state index in [-0.39, 0.29) is 4.90 Å². The molecule has 2 rings (SSSR count). The lowest BCUT2D eigenvalue weighted by atomic mass is 10.2. The van der Waals surface area contributed by atoms with Gasteiger partial charge in [-0.05, 0) is 26.3 Å². The van der Waals surface area contributed by atoms with E-state index in [1.54, 1.807) is 13.0 Å². The van der Waals surface area contributed by atoms with Crippen LogP contribution in [0.2, 0.25) is 0 Å². The maximum absolute atomic E-state index is 12.8. The van der Waals surface area contributed by atoms with Crippen LogP contribution in [0.4, 0.5) is 0 Å². The van der Waals surface area contributed by atoms with Crippen molar-refractivity contribution in [2.75, 3.05) is 7.05 Å². The molecule has 0 amide bonds. The molecule has 0 aliphatic carbocycles. The molecule has 1 N–H and O–H groups in total. The van der Waals surface area contributed by atoms with E-state index in [0.717, 1.165) is 14.6 Å². The van der Waals surface area contributed by atoms with E-state index >= 15 is 0 Å². The zero-order valence-corrected chi connectivity index (χ0v) is 13.9. The summed E-state index contributed by atoms with van der Waals surface area (Å²) in [5.74, 6) is -1.17. The van der Waals surface area contributed by atoms with Crippen molar-refractivity contribution in [3.8, 4) is 0 Å². The van der Waals surface area contributed by atoms with Crippen LogP contribution in [0, 0.1) is 13.8 Å². The van der Waals surface area contributed by atoms with Gasteiger partial charge in [0.1, 0.15) is 10.9 Å². The van der Waals surface area contributed by atoms with Crippen LogP contribution >= 0.6 is 11.3 Å². The summed E-state index contributed by atoms with van der Waals surface area (Å²) in [5, 5.41) is 9.69. The molecule has 0 aliphatic rings. The van der Waals surface area contributed by atoms with Crippen molar-refractivity contribution in [1.29, 1.82) is 0 Å². The zero-order valence-electron chi connectivity index (χ0n) is 12.2. The zero-order chi connectivity index (χ0) is 15.9. The van der Waals surface area contributed by atoms with Gasteiger partial charge in [0.25, 0.3) is 0 Å². The summed E-state index contributed by atoms with van der Waals surface area (Å²) in [6.07, 6.45) is 0. The molecule has 114 valence electrons. The number of rotatable bonds is 4. The first kappa shape index (κ1) is 15.9. The lowest BCUT2D eigenvalue weighted by Crippen LogP contribution is -2.40. The third kappa shape index (κ3) is 2.56. The number of carboxylic acids is 1. The van der Waals surface area contributed by atoms with E-state index in [4.69, 9.17) is 5.11 Å². The summed E-state index contributed by atoms with van der Waals surface area (Å²) in [7, 11) is -2.55. The molecule has 2 aromatic rings. The number of aliphatic carboxylic acids is 1. The smallest absolute Gasteiger partial charge is 0.321 e. The van der Waals surface area contributed by atoms with E-state index in [1.807, 2.05) is 19.1 Å². The molecule has 1 aromatic carbocycles. The maximum Gasteiger partial charge on any atom is 0.321 e. The van der Waals surface area contributed by atoms with Crippen LogP contribution in [-0.4, -0.2) is 36.9 Å². The number of fused-ring (bicyclic) bond motifs is 1. The minimum atomic E-state index is -3.85. The lowest BCUT2D eigenvalue weighted by Gasteiger charge is -2.21. The first-order chi connectivity index (χ1) is 9.67. The fraction of sp³-hybridized carbons (Fsp3) is 0.357. The second-order valence-electron chi connectivity index (χ2n) is 4.97. The number of aryl methyl sites for hydroxylation is 2. The molecule has 0 spiro atoms. The highest BCUT2D eigenvalue weighted by Gasteiger charge is 2.33. The molecule has 0 bridgehead atoms. The van der Waals surface area contributed by atoms with Gasteiger partial charge in [0.05, 0.1) is 0 Å². The molecule has 0 aliphatic heterocycles. The monoisotopic (exact) mass is 327 g/mol. The molecule has 1 atom stereocenters. The summed E-state index contributed by atoms with van der Waals surface area (Å²) >= 11 is 1.42. The molecule has 1 aromatic heterocycles. The first-order valence-corrected chi connectivity index (χ1v) is 8.63. The number of hydrogen-bond acceptors (Lipinski definition) is 4. The third-order valence-corrected chi connectivity index (χ3v) is 7.07. The molecule has 0 saturated heterocycles. The van der Waals surface area contributed by atoms with E-state index in [1.165, 1.54) is 25.3 Å². The van der Waals surface area contributed by atoms with E-state index in [0.29, 0.717) is 10.3 Å². The topological polar surface area (TPSA) is 74.7 Å². The molecule has 21 heavy (non-hydrogen) atoms. The normalized spacial score (nSPS) is 13.8. The Kier molecular flexibility index (Phi) is 4.10. The fourth-order valence-electron chi connectivity index (χ4n) is 2.18. The van der Waals surface area contributed by atoms with Gasteiger partial charge in [-0.15, -0.1) is 11.3 Å². The largest absolute Gasteiger partial charge is 0.480 e. The Labute approximate surface area is 127 Å². The molecule has 0 radical (unpaired) electrons. The Morgan fingerprint density at radius 1 is 1.33 bits per heavy atom. The van der Waals surface area contributed by atoms with Crippen LogP contribution in [0.3, 0.4) is 0 Å². The van der Waals surface area contributed by atoms with Crippen LogP contribution < -0.4 is 0 Å². The molecule has 0 saturated carbocycles. The number of thiophene rings is 1. The van der Waals surface area contributed by atoms with E-state index in [9.17, 15) is 13.2 Å². The van der Waals surface area contributed by atoms with E-state index in [2.05, 4.69) is 0 Å². The van der Waals surface area contributed by atoms with Gasteiger partial charge in [-0.3, -0.25) is 4.79 Å². The second kappa shape index (κ2) is 5.40. The molecule has 1 heterocycles. The highest BCUT2D eigenvalue weighted by atomic mass is 32.2. The standard InChI is InChI=1S/C14H17NO4S2/c1-8-6-5-7-11-12(8)20-10(3)13(11)21(18,19)15(4)9(2)14(16)17/h5-7,9H,1-4H3,(H,16,17). The van der Waals surface area contributed by atoms with Gasteiger partial charge in [0.2, 0.25) is 10.0 Å². The summed E-state index contributed by atoms with van der Waals surface area (Å²) in [5.41, 5.74) is 1.01. The molecule has 7 heteroatoms.